The van der Waals surface area contributed by atoms with Crippen LogP contribution in [0.15, 0.2) is 18.3 Å². The minimum absolute atomic E-state index is 0.124. The van der Waals surface area contributed by atoms with Crippen molar-refractivity contribution in [1.82, 2.24) is 4.98 Å². The van der Waals surface area contributed by atoms with Crippen LogP contribution in [-0.2, 0) is 0 Å². The molecule has 1 aromatic heterocycles. The first kappa shape index (κ1) is 4.74. The molecule has 0 fully saturated rings. The molecule has 0 radical (unpaired) electrons. The first-order valence-corrected chi connectivity index (χ1v) is 2.89. The molecule has 0 saturated carbocycles. The first-order chi connectivity index (χ1) is 6.38. The highest BCUT2D eigenvalue weighted by molar-refractivity contribution is 6.58. The number of nitrogens with zero attached hydrogens (tertiary/aromatic N) is 1. The summed E-state index contributed by atoms with van der Waals surface area (Å²) >= 11 is 0. The summed E-state index contributed by atoms with van der Waals surface area (Å²) in [6.07, 6.45) is 1.23. The molecule has 11 heavy (non-hydrogen) atoms. The summed E-state index contributed by atoms with van der Waals surface area (Å²) in [7, 11) is -4.26. The van der Waals surface area contributed by atoms with Gasteiger partial charge in [-0.25, -0.2) is 4.98 Å². The van der Waals surface area contributed by atoms with E-state index in [1.165, 1.54) is 12.3 Å². The molecule has 0 saturated heterocycles. The van der Waals surface area contributed by atoms with E-state index in [1.54, 1.807) is 0 Å². The molecule has 0 atom stereocenters. The van der Waals surface area contributed by atoms with Crippen molar-refractivity contribution in [2.45, 2.75) is 0 Å². The molecule has 0 aromatic carbocycles. The lowest BCUT2D eigenvalue weighted by Crippen LogP contribution is -2.29. The van der Waals surface area contributed by atoms with Crippen LogP contribution in [0.4, 0.5) is 0 Å². The Morgan fingerprint density at radius 2 is 2.55 bits per heavy atom. The van der Waals surface area contributed by atoms with Crippen LogP contribution in [0, 0.1) is 0 Å². The molecular formula is C6H8BNO3. The van der Waals surface area contributed by atoms with Gasteiger partial charge in [0, 0.05) is 12.3 Å². The number of rotatable bonds is 2. The maximum atomic E-state index is 8.78. The van der Waals surface area contributed by atoms with Gasteiger partial charge in [0.1, 0.15) is 0 Å². The Balaban J connectivity index is 2.84. The van der Waals surface area contributed by atoms with Gasteiger partial charge in [0.25, 0.3) is 0 Å². The van der Waals surface area contributed by atoms with E-state index in [1.807, 2.05) is 0 Å². The van der Waals surface area contributed by atoms with Gasteiger partial charge >= 0.3 is 7.12 Å². The van der Waals surface area contributed by atoms with Crippen molar-refractivity contribution >= 4 is 12.6 Å². The van der Waals surface area contributed by atoms with Crippen LogP contribution < -0.4 is 10.2 Å². The van der Waals surface area contributed by atoms with E-state index in [9.17, 15) is 0 Å². The first-order valence-electron chi connectivity index (χ1n) is 4.39. The fourth-order valence-corrected chi connectivity index (χ4v) is 0.641. The van der Waals surface area contributed by atoms with Crippen molar-refractivity contribution in [1.29, 1.82) is 0 Å². The zero-order chi connectivity index (χ0) is 10.8. The second-order valence-corrected chi connectivity index (χ2v) is 1.90. The van der Waals surface area contributed by atoms with Crippen LogP contribution in [0.1, 0.15) is 4.11 Å². The van der Waals surface area contributed by atoms with E-state index in [-0.39, 0.29) is 11.3 Å². The van der Waals surface area contributed by atoms with E-state index in [4.69, 9.17) is 14.2 Å². The van der Waals surface area contributed by atoms with Crippen molar-refractivity contribution in [3.05, 3.63) is 18.3 Å². The molecule has 1 heterocycles. The summed E-state index contributed by atoms with van der Waals surface area (Å²) in [6.45, 7) is 0. The second-order valence-electron chi connectivity index (χ2n) is 1.90. The normalized spacial score (nSPS) is 14.5. The number of pyridine rings is 1. The molecule has 4 nitrogen and oxygen atoms in total. The SMILES string of the molecule is [2H]C([2H])([2H])Oc1cc(B(O)O)ccn1. The Bertz CT molecular complexity index is 317. The predicted octanol–water partition coefficient (Wildman–Crippen LogP) is -1.23. The number of aromatic nitrogens is 1. The summed E-state index contributed by atoms with van der Waals surface area (Å²) in [4.78, 5) is 3.60. The third-order valence-electron chi connectivity index (χ3n) is 1.16. The van der Waals surface area contributed by atoms with Crippen LogP contribution in [0.3, 0.4) is 0 Å². The van der Waals surface area contributed by atoms with Gasteiger partial charge in [-0.2, -0.15) is 0 Å². The highest BCUT2D eigenvalue weighted by Gasteiger charge is 2.10. The van der Waals surface area contributed by atoms with Gasteiger partial charge in [0.2, 0.25) is 5.88 Å². The summed E-state index contributed by atoms with van der Waals surface area (Å²) in [6, 6.07) is 2.49. The number of hydrogen-bond acceptors (Lipinski definition) is 4. The summed E-state index contributed by atoms with van der Waals surface area (Å²) in [5, 5.41) is 17.6. The maximum absolute atomic E-state index is 8.78. The van der Waals surface area contributed by atoms with Gasteiger partial charge in [-0.15, -0.1) is 0 Å². The third-order valence-corrected chi connectivity index (χ3v) is 1.16. The number of ether oxygens (including phenoxy) is 1. The maximum Gasteiger partial charge on any atom is 0.488 e. The summed E-state index contributed by atoms with van der Waals surface area (Å²) in [5.41, 5.74) is 0.124. The molecule has 0 bridgehead atoms. The fourth-order valence-electron chi connectivity index (χ4n) is 0.641. The van der Waals surface area contributed by atoms with Crippen LogP contribution in [0.25, 0.3) is 0 Å². The standard InChI is InChI=1S/C6H8BNO3/c1-11-6-4-5(7(9)10)2-3-8-6/h2-4,9-10H,1H3/i1D3. The zero-order valence-electron chi connectivity index (χ0n) is 8.56. The van der Waals surface area contributed by atoms with Crippen molar-refractivity contribution in [3.8, 4) is 5.88 Å². The highest BCUT2D eigenvalue weighted by atomic mass is 16.5. The quantitative estimate of drug-likeness (QED) is 0.526. The minimum atomic E-state index is -2.59. The molecule has 0 aliphatic rings. The van der Waals surface area contributed by atoms with E-state index < -0.39 is 14.2 Å². The lowest BCUT2D eigenvalue weighted by Gasteiger charge is -2.00. The molecule has 5 heteroatoms. The third kappa shape index (κ3) is 1.93. The lowest BCUT2D eigenvalue weighted by atomic mass is 9.81. The predicted molar refractivity (Wildman–Crippen MR) is 40.6 cm³/mol. The monoisotopic (exact) mass is 156 g/mol. The molecule has 2 N–H and O–H groups in total. The van der Waals surface area contributed by atoms with Crippen molar-refractivity contribution in [2.24, 2.45) is 0 Å². The van der Waals surface area contributed by atoms with Crippen LogP contribution in [0.5, 0.6) is 5.88 Å². The van der Waals surface area contributed by atoms with Crippen molar-refractivity contribution in [3.63, 3.8) is 0 Å². The van der Waals surface area contributed by atoms with E-state index in [2.05, 4.69) is 9.72 Å². The van der Waals surface area contributed by atoms with Gasteiger partial charge in [-0.3, -0.25) is 0 Å². The Morgan fingerprint density at radius 3 is 3.18 bits per heavy atom. The molecule has 58 valence electrons. The van der Waals surface area contributed by atoms with E-state index in [0.29, 0.717) is 0 Å². The second kappa shape index (κ2) is 3.36. The van der Waals surface area contributed by atoms with Gasteiger partial charge in [-0.05, 0) is 11.5 Å². The number of hydrogen-bond donors (Lipinski definition) is 2. The number of methoxy groups -OCH3 is 1. The van der Waals surface area contributed by atoms with E-state index >= 15 is 0 Å². The van der Waals surface area contributed by atoms with Crippen LogP contribution in [-0.4, -0.2) is 29.2 Å². The molecule has 1 aromatic rings. The Hall–Kier alpha value is -1.07. The van der Waals surface area contributed by atoms with E-state index in [0.717, 1.165) is 6.07 Å². The zero-order valence-corrected chi connectivity index (χ0v) is 5.56. The highest BCUT2D eigenvalue weighted by Crippen LogP contribution is 1.99. The molecular weight excluding hydrogens is 145 g/mol. The summed E-state index contributed by atoms with van der Waals surface area (Å²) in [5.74, 6) is -0.171. The molecule has 0 spiro atoms. The topological polar surface area (TPSA) is 62.6 Å². The lowest BCUT2D eigenvalue weighted by molar-refractivity contribution is 0.396. The van der Waals surface area contributed by atoms with Gasteiger partial charge in [0.15, 0.2) is 0 Å². The fraction of sp³-hybridized carbons (Fsp3) is 0.167. The molecule has 1 rings (SSSR count). The molecule has 0 unspecified atom stereocenters. The smallest absolute Gasteiger partial charge is 0.481 e. The largest absolute Gasteiger partial charge is 0.488 e. The van der Waals surface area contributed by atoms with Gasteiger partial charge < -0.3 is 14.8 Å². The van der Waals surface area contributed by atoms with Crippen molar-refractivity contribution < 1.29 is 18.9 Å². The minimum Gasteiger partial charge on any atom is -0.481 e. The van der Waals surface area contributed by atoms with Crippen LogP contribution >= 0.6 is 0 Å². The Kier molecular flexibility index (Phi) is 1.45. The molecule has 0 amide bonds. The van der Waals surface area contributed by atoms with Crippen LogP contribution in [0.2, 0.25) is 0 Å². The molecule has 0 aliphatic carbocycles. The average Bonchev–Trinajstić information content (AvgIpc) is 2.01. The average molecular weight is 156 g/mol. The van der Waals surface area contributed by atoms with Gasteiger partial charge in [-0.1, -0.05) is 0 Å². The molecule has 0 aliphatic heterocycles. The van der Waals surface area contributed by atoms with Gasteiger partial charge in [0.05, 0.1) is 11.2 Å². The Morgan fingerprint density at radius 1 is 1.73 bits per heavy atom. The summed E-state index contributed by atoms with van der Waals surface area (Å²) < 4.78 is 24.8. The van der Waals surface area contributed by atoms with Crippen molar-refractivity contribution in [2.75, 3.05) is 7.04 Å². The Labute approximate surface area is 68.8 Å².